The summed E-state index contributed by atoms with van der Waals surface area (Å²) in [6.07, 6.45) is 3.09. The molecular weight excluding hydrogens is 216 g/mol. The third-order valence-electron chi connectivity index (χ3n) is 3.11. The maximum absolute atomic E-state index is 12.0. The molecule has 0 aliphatic carbocycles. The van der Waals surface area contributed by atoms with E-state index in [0.717, 1.165) is 25.8 Å². The smallest absolute Gasteiger partial charge is 0.237 e. The van der Waals surface area contributed by atoms with Crippen molar-refractivity contribution in [3.05, 3.63) is 0 Å². The number of nitrogens with zero attached hydrogens (tertiary/aromatic N) is 1. The molecule has 0 aliphatic rings. The molecule has 0 aromatic heterocycles. The lowest BCUT2D eigenvalue weighted by Gasteiger charge is -2.28. The van der Waals surface area contributed by atoms with Crippen LogP contribution in [0.2, 0.25) is 0 Å². The van der Waals surface area contributed by atoms with E-state index in [9.17, 15) is 4.79 Å². The fourth-order valence-corrected chi connectivity index (χ4v) is 1.62. The van der Waals surface area contributed by atoms with Gasteiger partial charge in [-0.2, -0.15) is 0 Å². The number of carbonyl (C=O) groups excluding carboxylic acids is 1. The maximum Gasteiger partial charge on any atom is 0.237 e. The van der Waals surface area contributed by atoms with Crippen molar-refractivity contribution >= 4 is 5.91 Å². The number of rotatable bonds is 9. The van der Waals surface area contributed by atoms with E-state index < -0.39 is 0 Å². The van der Waals surface area contributed by atoms with E-state index in [1.165, 1.54) is 0 Å². The van der Waals surface area contributed by atoms with Crippen LogP contribution in [0, 0.1) is 0 Å². The summed E-state index contributed by atoms with van der Waals surface area (Å²) < 4.78 is 0. The quantitative estimate of drug-likeness (QED) is 0.644. The van der Waals surface area contributed by atoms with E-state index >= 15 is 0 Å². The summed E-state index contributed by atoms with van der Waals surface area (Å²) in [5.41, 5.74) is 0. The van der Waals surface area contributed by atoms with Crippen molar-refractivity contribution in [3.8, 4) is 0 Å². The summed E-state index contributed by atoms with van der Waals surface area (Å²) in [6.45, 7) is 9.63. The molecule has 0 aromatic rings. The highest BCUT2D eigenvalue weighted by molar-refractivity contribution is 5.81. The molecule has 0 aromatic carbocycles. The zero-order chi connectivity index (χ0) is 13.3. The Bertz CT molecular complexity index is 210. The molecule has 4 heteroatoms. The molecule has 0 rings (SSSR count). The molecule has 0 heterocycles. The first kappa shape index (κ1) is 16.4. The van der Waals surface area contributed by atoms with Crippen LogP contribution in [0.25, 0.3) is 0 Å². The molecule has 0 radical (unpaired) electrons. The summed E-state index contributed by atoms with van der Waals surface area (Å²) in [6, 6.07) is 0.0507. The number of hydrogen-bond donors (Lipinski definition) is 2. The van der Waals surface area contributed by atoms with Crippen LogP contribution in [0.4, 0.5) is 0 Å². The first-order valence-electron chi connectivity index (χ1n) is 6.72. The zero-order valence-corrected chi connectivity index (χ0v) is 11.7. The monoisotopic (exact) mass is 244 g/mol. The average Bonchev–Trinajstić information content (AvgIpc) is 2.33. The van der Waals surface area contributed by atoms with E-state index in [2.05, 4.69) is 19.2 Å². The molecule has 0 saturated carbocycles. The van der Waals surface area contributed by atoms with Crippen LogP contribution in [0.3, 0.4) is 0 Å². The van der Waals surface area contributed by atoms with Crippen molar-refractivity contribution in [1.82, 2.24) is 10.2 Å². The minimum atomic E-state index is -0.164. The standard InChI is InChI=1S/C13H28N2O2/c1-5-7-8-15(9-10-16)12(4)13(17)14-11(3)6-2/h11-12,16H,5-10H2,1-4H3,(H,14,17). The Morgan fingerprint density at radius 2 is 1.94 bits per heavy atom. The van der Waals surface area contributed by atoms with Crippen LogP contribution >= 0.6 is 0 Å². The maximum atomic E-state index is 12.0. The van der Waals surface area contributed by atoms with Gasteiger partial charge in [0.1, 0.15) is 0 Å². The summed E-state index contributed by atoms with van der Waals surface area (Å²) in [5, 5.41) is 12.0. The molecule has 1 amide bonds. The third kappa shape index (κ3) is 6.64. The van der Waals surface area contributed by atoms with E-state index in [-0.39, 0.29) is 24.6 Å². The Morgan fingerprint density at radius 3 is 2.41 bits per heavy atom. The number of nitrogens with one attached hydrogen (secondary N) is 1. The van der Waals surface area contributed by atoms with Crippen molar-refractivity contribution in [2.24, 2.45) is 0 Å². The molecule has 2 unspecified atom stereocenters. The zero-order valence-electron chi connectivity index (χ0n) is 11.7. The Labute approximate surface area is 105 Å². The average molecular weight is 244 g/mol. The number of amides is 1. The second-order valence-electron chi connectivity index (χ2n) is 4.61. The van der Waals surface area contributed by atoms with Gasteiger partial charge < -0.3 is 10.4 Å². The van der Waals surface area contributed by atoms with Crippen molar-refractivity contribution in [3.63, 3.8) is 0 Å². The lowest BCUT2D eigenvalue weighted by molar-refractivity contribution is -0.126. The van der Waals surface area contributed by atoms with E-state index in [0.29, 0.717) is 6.54 Å². The van der Waals surface area contributed by atoms with Gasteiger partial charge in [-0.15, -0.1) is 0 Å². The van der Waals surface area contributed by atoms with Gasteiger partial charge in [-0.25, -0.2) is 0 Å². The Balaban J connectivity index is 4.26. The lowest BCUT2D eigenvalue weighted by Crippen LogP contribution is -2.48. The third-order valence-corrected chi connectivity index (χ3v) is 3.11. The predicted octanol–water partition coefficient (Wildman–Crippen LogP) is 1.38. The van der Waals surface area contributed by atoms with Gasteiger partial charge in [-0.05, 0) is 33.2 Å². The van der Waals surface area contributed by atoms with E-state index in [4.69, 9.17) is 5.11 Å². The predicted molar refractivity (Wildman–Crippen MR) is 70.9 cm³/mol. The van der Waals surface area contributed by atoms with Crippen LogP contribution in [0.5, 0.6) is 0 Å². The largest absolute Gasteiger partial charge is 0.395 e. The number of hydrogen-bond acceptors (Lipinski definition) is 3. The van der Waals surface area contributed by atoms with Gasteiger partial charge >= 0.3 is 0 Å². The number of aliphatic hydroxyl groups is 1. The molecule has 0 fully saturated rings. The number of aliphatic hydroxyl groups excluding tert-OH is 1. The fraction of sp³-hybridized carbons (Fsp3) is 0.923. The highest BCUT2D eigenvalue weighted by Crippen LogP contribution is 2.03. The van der Waals surface area contributed by atoms with Gasteiger partial charge in [0, 0.05) is 12.6 Å². The summed E-state index contributed by atoms with van der Waals surface area (Å²) in [5.74, 6) is 0.0592. The van der Waals surface area contributed by atoms with Gasteiger partial charge in [0.25, 0.3) is 0 Å². The summed E-state index contributed by atoms with van der Waals surface area (Å²) in [4.78, 5) is 14.0. The Morgan fingerprint density at radius 1 is 1.29 bits per heavy atom. The minimum absolute atomic E-state index is 0.0592. The molecule has 0 bridgehead atoms. The normalized spacial score (nSPS) is 14.7. The second kappa shape index (κ2) is 9.42. The molecule has 17 heavy (non-hydrogen) atoms. The summed E-state index contributed by atoms with van der Waals surface area (Å²) in [7, 11) is 0. The van der Waals surface area contributed by atoms with Crippen molar-refractivity contribution in [1.29, 1.82) is 0 Å². The molecule has 0 spiro atoms. The lowest BCUT2D eigenvalue weighted by atomic mass is 10.2. The summed E-state index contributed by atoms with van der Waals surface area (Å²) >= 11 is 0. The van der Waals surface area contributed by atoms with E-state index in [1.807, 2.05) is 18.7 Å². The number of carbonyl (C=O) groups is 1. The SMILES string of the molecule is CCCCN(CCO)C(C)C(=O)NC(C)CC. The van der Waals surface area contributed by atoms with Crippen molar-refractivity contribution in [2.75, 3.05) is 19.7 Å². The minimum Gasteiger partial charge on any atom is -0.395 e. The van der Waals surface area contributed by atoms with Gasteiger partial charge in [0.05, 0.1) is 12.6 Å². The molecule has 0 aliphatic heterocycles. The van der Waals surface area contributed by atoms with Gasteiger partial charge in [-0.3, -0.25) is 9.69 Å². The first-order chi connectivity index (χ1) is 8.06. The molecule has 102 valence electrons. The topological polar surface area (TPSA) is 52.6 Å². The highest BCUT2D eigenvalue weighted by atomic mass is 16.3. The van der Waals surface area contributed by atoms with Crippen LogP contribution in [0.1, 0.15) is 47.0 Å². The second-order valence-corrected chi connectivity index (χ2v) is 4.61. The van der Waals surface area contributed by atoms with Crippen LogP contribution in [-0.2, 0) is 4.79 Å². The van der Waals surface area contributed by atoms with Gasteiger partial charge in [-0.1, -0.05) is 20.3 Å². The molecule has 2 N–H and O–H groups in total. The van der Waals surface area contributed by atoms with Crippen LogP contribution in [-0.4, -0.2) is 47.7 Å². The van der Waals surface area contributed by atoms with E-state index in [1.54, 1.807) is 0 Å². The van der Waals surface area contributed by atoms with Gasteiger partial charge in [0.15, 0.2) is 0 Å². The molecule has 0 saturated heterocycles. The highest BCUT2D eigenvalue weighted by Gasteiger charge is 2.21. The van der Waals surface area contributed by atoms with Crippen molar-refractivity contribution < 1.29 is 9.90 Å². The fourth-order valence-electron chi connectivity index (χ4n) is 1.62. The Kier molecular flexibility index (Phi) is 9.09. The molecule has 2 atom stereocenters. The Hall–Kier alpha value is -0.610. The molecular formula is C13H28N2O2. The number of unbranched alkanes of at least 4 members (excludes halogenated alkanes) is 1. The first-order valence-corrected chi connectivity index (χ1v) is 6.72. The van der Waals surface area contributed by atoms with Gasteiger partial charge in [0.2, 0.25) is 5.91 Å². The van der Waals surface area contributed by atoms with Crippen molar-refractivity contribution in [2.45, 2.75) is 59.0 Å². The van der Waals surface area contributed by atoms with Crippen LogP contribution < -0.4 is 5.32 Å². The van der Waals surface area contributed by atoms with Crippen LogP contribution in [0.15, 0.2) is 0 Å². The molecule has 4 nitrogen and oxygen atoms in total.